The molecule has 4 rings (SSSR count). The van der Waals surface area contributed by atoms with Crippen molar-refractivity contribution in [3.05, 3.63) is 59.1 Å². The Morgan fingerprint density at radius 1 is 1.12 bits per heavy atom. The fourth-order valence-corrected chi connectivity index (χ4v) is 4.30. The standard InChI is InChI=1S/C23H21N3O5S/c1-13-8-18(30-2)21(19(9-13)31-3)15-12-32-23(24-15)25-22(29)17-10-14-6-4-5-7-16(14)26(17)11-20(27)28/h4-10,12H,11H2,1-3H3,(H,27,28)(H,24,25,29). The Bertz CT molecular complexity index is 1300. The van der Waals surface area contributed by atoms with Crippen molar-refractivity contribution < 1.29 is 24.2 Å². The summed E-state index contributed by atoms with van der Waals surface area (Å²) in [5, 5.41) is 15.0. The minimum atomic E-state index is -1.03. The van der Waals surface area contributed by atoms with Crippen molar-refractivity contribution in [1.82, 2.24) is 9.55 Å². The molecular weight excluding hydrogens is 430 g/mol. The molecule has 0 aliphatic carbocycles. The molecule has 0 unspecified atom stereocenters. The highest BCUT2D eigenvalue weighted by atomic mass is 32.1. The number of nitrogens with one attached hydrogen (secondary N) is 1. The molecule has 8 nitrogen and oxygen atoms in total. The highest BCUT2D eigenvalue weighted by molar-refractivity contribution is 7.14. The van der Waals surface area contributed by atoms with E-state index in [0.29, 0.717) is 33.4 Å². The van der Waals surface area contributed by atoms with Crippen LogP contribution in [0.25, 0.3) is 22.2 Å². The number of carboxylic acid groups (broad SMARTS) is 1. The van der Waals surface area contributed by atoms with Crippen molar-refractivity contribution in [3.63, 3.8) is 0 Å². The van der Waals surface area contributed by atoms with Gasteiger partial charge in [0.15, 0.2) is 5.13 Å². The number of hydrogen-bond acceptors (Lipinski definition) is 6. The number of para-hydroxylation sites is 1. The first-order chi connectivity index (χ1) is 15.4. The molecule has 0 atom stereocenters. The number of anilines is 1. The third kappa shape index (κ3) is 4.02. The van der Waals surface area contributed by atoms with Gasteiger partial charge in [0.05, 0.1) is 25.5 Å². The van der Waals surface area contributed by atoms with Gasteiger partial charge in [-0.2, -0.15) is 0 Å². The van der Waals surface area contributed by atoms with Gasteiger partial charge in [0.25, 0.3) is 5.91 Å². The lowest BCUT2D eigenvalue weighted by Gasteiger charge is -2.12. The summed E-state index contributed by atoms with van der Waals surface area (Å²) in [6.07, 6.45) is 0. The molecule has 0 bridgehead atoms. The molecular formula is C23H21N3O5S. The smallest absolute Gasteiger partial charge is 0.323 e. The number of carboxylic acids is 1. The third-order valence-corrected chi connectivity index (χ3v) is 5.73. The molecule has 2 heterocycles. The molecule has 164 valence electrons. The van der Waals surface area contributed by atoms with Crippen molar-refractivity contribution >= 4 is 39.2 Å². The number of methoxy groups -OCH3 is 2. The number of nitrogens with zero attached hydrogens (tertiary/aromatic N) is 2. The summed E-state index contributed by atoms with van der Waals surface area (Å²) in [4.78, 5) is 28.9. The highest BCUT2D eigenvalue weighted by Crippen LogP contribution is 2.40. The van der Waals surface area contributed by atoms with Gasteiger partial charge in [-0.05, 0) is 36.8 Å². The van der Waals surface area contributed by atoms with Crippen molar-refractivity contribution in [2.45, 2.75) is 13.5 Å². The first-order valence-electron chi connectivity index (χ1n) is 9.71. The van der Waals surface area contributed by atoms with Crippen LogP contribution in [0, 0.1) is 6.92 Å². The summed E-state index contributed by atoms with van der Waals surface area (Å²) in [5.74, 6) is -0.236. The second-order valence-corrected chi connectivity index (χ2v) is 7.96. The van der Waals surface area contributed by atoms with E-state index in [1.807, 2.05) is 31.2 Å². The number of benzene rings is 2. The van der Waals surface area contributed by atoms with E-state index in [4.69, 9.17) is 9.47 Å². The van der Waals surface area contributed by atoms with Gasteiger partial charge in [-0.15, -0.1) is 11.3 Å². The molecule has 0 aliphatic rings. The first kappa shape index (κ1) is 21.4. The van der Waals surface area contributed by atoms with Crippen LogP contribution in [0.1, 0.15) is 16.1 Å². The van der Waals surface area contributed by atoms with Gasteiger partial charge in [0, 0.05) is 16.3 Å². The topological polar surface area (TPSA) is 103 Å². The normalized spacial score (nSPS) is 10.8. The van der Waals surface area contributed by atoms with E-state index in [9.17, 15) is 14.7 Å². The largest absolute Gasteiger partial charge is 0.496 e. The molecule has 9 heteroatoms. The quantitative estimate of drug-likeness (QED) is 0.431. The van der Waals surface area contributed by atoms with Crippen LogP contribution in [-0.2, 0) is 11.3 Å². The lowest BCUT2D eigenvalue weighted by molar-refractivity contribution is -0.137. The Morgan fingerprint density at radius 3 is 2.47 bits per heavy atom. The maximum atomic E-state index is 13.0. The summed E-state index contributed by atoms with van der Waals surface area (Å²) in [7, 11) is 3.15. The zero-order chi connectivity index (χ0) is 22.8. The summed E-state index contributed by atoms with van der Waals surface area (Å²) in [6.45, 7) is 1.62. The van der Waals surface area contributed by atoms with Gasteiger partial charge in [-0.1, -0.05) is 18.2 Å². The molecule has 0 aliphatic heterocycles. The number of aryl methyl sites for hydroxylation is 1. The first-order valence-corrected chi connectivity index (χ1v) is 10.6. The minimum absolute atomic E-state index is 0.246. The van der Waals surface area contributed by atoms with Crippen LogP contribution >= 0.6 is 11.3 Å². The van der Waals surface area contributed by atoms with Crippen molar-refractivity contribution in [2.24, 2.45) is 0 Å². The molecule has 0 radical (unpaired) electrons. The Balaban J connectivity index is 1.67. The average molecular weight is 452 g/mol. The van der Waals surface area contributed by atoms with E-state index >= 15 is 0 Å². The SMILES string of the molecule is COc1cc(C)cc(OC)c1-c1csc(NC(=O)c2cc3ccccc3n2CC(=O)O)n1. The summed E-state index contributed by atoms with van der Waals surface area (Å²) in [5.41, 5.74) is 3.20. The van der Waals surface area contributed by atoms with Crippen LogP contribution in [0.2, 0.25) is 0 Å². The van der Waals surface area contributed by atoms with E-state index in [-0.39, 0.29) is 12.2 Å². The molecule has 2 aromatic heterocycles. The molecule has 4 aromatic rings. The van der Waals surface area contributed by atoms with E-state index in [1.54, 1.807) is 37.8 Å². The summed E-state index contributed by atoms with van der Waals surface area (Å²) in [6, 6.07) is 12.7. The predicted molar refractivity (Wildman–Crippen MR) is 123 cm³/mol. The maximum Gasteiger partial charge on any atom is 0.323 e. The number of rotatable bonds is 7. The van der Waals surface area contributed by atoms with Gasteiger partial charge in [0.2, 0.25) is 0 Å². The van der Waals surface area contributed by atoms with Gasteiger partial charge in [-0.25, -0.2) is 4.98 Å². The number of fused-ring (bicyclic) bond motifs is 1. The predicted octanol–water partition coefficient (Wildman–Crippen LogP) is 4.43. The van der Waals surface area contributed by atoms with Crippen LogP contribution < -0.4 is 14.8 Å². The molecule has 0 fully saturated rings. The Morgan fingerprint density at radius 2 is 1.81 bits per heavy atom. The Labute approximate surface area is 188 Å². The molecule has 2 N–H and O–H groups in total. The van der Waals surface area contributed by atoms with Gasteiger partial charge in [-0.3, -0.25) is 14.9 Å². The van der Waals surface area contributed by atoms with Gasteiger partial charge in [0.1, 0.15) is 23.7 Å². The van der Waals surface area contributed by atoms with Crippen molar-refractivity contribution in [3.8, 4) is 22.8 Å². The second-order valence-electron chi connectivity index (χ2n) is 7.10. The zero-order valence-corrected chi connectivity index (χ0v) is 18.5. The lowest BCUT2D eigenvalue weighted by atomic mass is 10.1. The second kappa shape index (κ2) is 8.72. The van der Waals surface area contributed by atoms with Crippen LogP contribution in [0.5, 0.6) is 11.5 Å². The van der Waals surface area contributed by atoms with Crippen LogP contribution in [0.3, 0.4) is 0 Å². The fraction of sp³-hybridized carbons (Fsp3) is 0.174. The van der Waals surface area contributed by atoms with E-state index in [1.165, 1.54) is 15.9 Å². The van der Waals surface area contributed by atoms with Gasteiger partial charge >= 0.3 is 5.97 Å². The van der Waals surface area contributed by atoms with Crippen LogP contribution in [0.4, 0.5) is 5.13 Å². The van der Waals surface area contributed by atoms with Crippen molar-refractivity contribution in [2.75, 3.05) is 19.5 Å². The zero-order valence-electron chi connectivity index (χ0n) is 17.7. The third-order valence-electron chi connectivity index (χ3n) is 4.97. The molecule has 2 aromatic carbocycles. The fourth-order valence-electron chi connectivity index (χ4n) is 3.61. The number of amides is 1. The number of ether oxygens (including phenoxy) is 2. The summed E-state index contributed by atoms with van der Waals surface area (Å²) >= 11 is 1.26. The lowest BCUT2D eigenvalue weighted by Crippen LogP contribution is -2.19. The summed E-state index contributed by atoms with van der Waals surface area (Å²) < 4.78 is 12.5. The van der Waals surface area contributed by atoms with Gasteiger partial charge < -0.3 is 19.1 Å². The molecule has 0 saturated heterocycles. The number of carbonyl (C=O) groups is 2. The monoisotopic (exact) mass is 451 g/mol. The molecule has 1 amide bonds. The van der Waals surface area contributed by atoms with E-state index < -0.39 is 11.9 Å². The van der Waals surface area contributed by atoms with E-state index in [0.717, 1.165) is 10.9 Å². The molecule has 0 spiro atoms. The number of hydrogen-bond donors (Lipinski definition) is 2. The maximum absolute atomic E-state index is 13.0. The number of aromatic nitrogens is 2. The number of carbonyl (C=O) groups excluding carboxylic acids is 1. The number of aliphatic carboxylic acids is 1. The van der Waals surface area contributed by atoms with Crippen LogP contribution in [0.15, 0.2) is 47.8 Å². The minimum Gasteiger partial charge on any atom is -0.496 e. The number of thiazole rings is 1. The van der Waals surface area contributed by atoms with Crippen LogP contribution in [-0.4, -0.2) is 40.8 Å². The van der Waals surface area contributed by atoms with E-state index in [2.05, 4.69) is 10.3 Å². The Kier molecular flexibility index (Phi) is 5.83. The Hall–Kier alpha value is -3.85. The van der Waals surface area contributed by atoms with Crippen molar-refractivity contribution in [1.29, 1.82) is 0 Å². The highest BCUT2D eigenvalue weighted by Gasteiger charge is 2.20. The molecule has 32 heavy (non-hydrogen) atoms. The molecule has 0 saturated carbocycles. The average Bonchev–Trinajstić information content (AvgIpc) is 3.37.